The highest BCUT2D eigenvalue weighted by atomic mass is 16.5. The van der Waals surface area contributed by atoms with E-state index in [4.69, 9.17) is 9.47 Å². The molecule has 1 N–H and O–H groups in total. The molecule has 0 saturated heterocycles. The first-order valence-electron chi connectivity index (χ1n) is 7.69. The fraction of sp³-hybridized carbons (Fsp3) is 0.333. The number of aromatic nitrogens is 1. The Morgan fingerprint density at radius 2 is 1.87 bits per heavy atom. The summed E-state index contributed by atoms with van der Waals surface area (Å²) in [5.41, 5.74) is 0.634. The van der Waals surface area contributed by atoms with Crippen LogP contribution in [0.2, 0.25) is 0 Å². The van der Waals surface area contributed by atoms with Crippen LogP contribution in [0.4, 0.5) is 5.69 Å². The standard InChI is InChI=1S/C18H22N2O3/c1-22-15-9-10-17(23-2)16(14-15)19-18(21)8-4-7-13-20-11-5-3-6-12-20/h3,5-6,9-12,14H,4,7-8,13H2,1-2H3/p+1. The third kappa shape index (κ3) is 5.29. The summed E-state index contributed by atoms with van der Waals surface area (Å²) >= 11 is 0. The van der Waals surface area contributed by atoms with Crippen LogP contribution in [0.5, 0.6) is 11.5 Å². The Labute approximate surface area is 136 Å². The zero-order valence-electron chi connectivity index (χ0n) is 13.6. The number of unbranched alkanes of at least 4 members (excludes halogenated alkanes) is 1. The second-order valence-corrected chi connectivity index (χ2v) is 5.18. The van der Waals surface area contributed by atoms with Gasteiger partial charge in [-0.25, -0.2) is 4.57 Å². The van der Waals surface area contributed by atoms with Crippen molar-refractivity contribution < 1.29 is 18.8 Å². The van der Waals surface area contributed by atoms with E-state index in [-0.39, 0.29) is 5.91 Å². The van der Waals surface area contributed by atoms with E-state index >= 15 is 0 Å². The highest BCUT2D eigenvalue weighted by Crippen LogP contribution is 2.29. The van der Waals surface area contributed by atoms with E-state index in [1.165, 1.54) is 0 Å². The lowest BCUT2D eigenvalue weighted by molar-refractivity contribution is -0.697. The minimum atomic E-state index is -0.0189. The molecule has 1 aromatic carbocycles. The number of nitrogens with zero attached hydrogens (tertiary/aromatic N) is 1. The largest absolute Gasteiger partial charge is 0.497 e. The average molecular weight is 315 g/mol. The summed E-state index contributed by atoms with van der Waals surface area (Å²) in [5, 5.41) is 2.88. The summed E-state index contributed by atoms with van der Waals surface area (Å²) in [4.78, 5) is 12.1. The number of rotatable bonds is 8. The molecule has 1 heterocycles. The minimum absolute atomic E-state index is 0.0189. The van der Waals surface area contributed by atoms with E-state index in [0.717, 1.165) is 19.4 Å². The Kier molecular flexibility index (Phi) is 6.41. The van der Waals surface area contributed by atoms with Crippen LogP contribution in [-0.4, -0.2) is 20.1 Å². The Morgan fingerprint density at radius 3 is 2.57 bits per heavy atom. The van der Waals surface area contributed by atoms with Crippen LogP contribution in [0.3, 0.4) is 0 Å². The predicted molar refractivity (Wildman–Crippen MR) is 88.7 cm³/mol. The number of ether oxygens (including phenoxy) is 2. The first-order valence-corrected chi connectivity index (χ1v) is 7.69. The summed E-state index contributed by atoms with van der Waals surface area (Å²) in [6.45, 7) is 0.913. The van der Waals surface area contributed by atoms with E-state index in [9.17, 15) is 4.79 Å². The summed E-state index contributed by atoms with van der Waals surface area (Å²) in [6.07, 6.45) is 6.33. The van der Waals surface area contributed by atoms with Gasteiger partial charge in [-0.3, -0.25) is 4.79 Å². The molecule has 0 aliphatic rings. The third-order valence-corrected chi connectivity index (χ3v) is 3.53. The number of nitrogens with one attached hydrogen (secondary N) is 1. The normalized spacial score (nSPS) is 10.2. The Bertz CT molecular complexity index is 629. The number of benzene rings is 1. The van der Waals surface area contributed by atoms with Gasteiger partial charge >= 0.3 is 0 Å². The van der Waals surface area contributed by atoms with Crippen molar-refractivity contribution in [2.45, 2.75) is 25.8 Å². The molecule has 0 unspecified atom stereocenters. The molecule has 0 aliphatic heterocycles. The molecule has 0 bridgehead atoms. The van der Waals surface area contributed by atoms with Gasteiger partial charge in [0.15, 0.2) is 12.4 Å². The van der Waals surface area contributed by atoms with Gasteiger partial charge in [0.1, 0.15) is 18.0 Å². The van der Waals surface area contributed by atoms with Crippen molar-refractivity contribution in [1.82, 2.24) is 0 Å². The second-order valence-electron chi connectivity index (χ2n) is 5.18. The van der Waals surface area contributed by atoms with Gasteiger partial charge in [0.2, 0.25) is 5.91 Å². The van der Waals surface area contributed by atoms with Gasteiger partial charge in [-0.2, -0.15) is 0 Å². The zero-order chi connectivity index (χ0) is 16.5. The number of carbonyl (C=O) groups is 1. The molecule has 1 aromatic heterocycles. The van der Waals surface area contributed by atoms with E-state index in [1.54, 1.807) is 32.4 Å². The molecule has 0 aliphatic carbocycles. The number of hydrogen-bond donors (Lipinski definition) is 1. The highest BCUT2D eigenvalue weighted by Gasteiger charge is 2.09. The summed E-state index contributed by atoms with van der Waals surface area (Å²) in [6, 6.07) is 11.3. The molecule has 0 radical (unpaired) electrons. The van der Waals surface area contributed by atoms with Crippen LogP contribution in [-0.2, 0) is 11.3 Å². The van der Waals surface area contributed by atoms with Gasteiger partial charge in [-0.1, -0.05) is 6.07 Å². The summed E-state index contributed by atoms with van der Waals surface area (Å²) in [5.74, 6) is 1.29. The van der Waals surface area contributed by atoms with Crippen molar-refractivity contribution in [1.29, 1.82) is 0 Å². The predicted octanol–water partition coefficient (Wildman–Crippen LogP) is 2.80. The van der Waals surface area contributed by atoms with Crippen LogP contribution in [0, 0.1) is 0 Å². The number of methoxy groups -OCH3 is 2. The van der Waals surface area contributed by atoms with Crippen LogP contribution < -0.4 is 19.4 Å². The molecule has 2 aromatic rings. The Hall–Kier alpha value is -2.56. The first kappa shape index (κ1) is 16.8. The van der Waals surface area contributed by atoms with Gasteiger partial charge in [0, 0.05) is 31.0 Å². The molecule has 23 heavy (non-hydrogen) atoms. The van der Waals surface area contributed by atoms with Gasteiger partial charge < -0.3 is 14.8 Å². The van der Waals surface area contributed by atoms with Crippen molar-refractivity contribution in [2.24, 2.45) is 0 Å². The monoisotopic (exact) mass is 315 g/mol. The number of hydrogen-bond acceptors (Lipinski definition) is 3. The van der Waals surface area contributed by atoms with Crippen LogP contribution in [0.15, 0.2) is 48.8 Å². The maximum atomic E-state index is 12.1. The van der Waals surface area contributed by atoms with Crippen molar-refractivity contribution in [2.75, 3.05) is 19.5 Å². The third-order valence-electron chi connectivity index (χ3n) is 3.53. The van der Waals surface area contributed by atoms with E-state index in [0.29, 0.717) is 23.6 Å². The highest BCUT2D eigenvalue weighted by molar-refractivity contribution is 5.92. The molecule has 2 rings (SSSR count). The van der Waals surface area contributed by atoms with E-state index in [1.807, 2.05) is 30.6 Å². The number of amides is 1. The van der Waals surface area contributed by atoms with Crippen LogP contribution in [0.25, 0.3) is 0 Å². The minimum Gasteiger partial charge on any atom is -0.497 e. The molecule has 1 amide bonds. The topological polar surface area (TPSA) is 51.4 Å². The lowest BCUT2D eigenvalue weighted by atomic mass is 10.2. The SMILES string of the molecule is COc1ccc(OC)c(NC(=O)CCCC[n+]2ccccc2)c1. The maximum Gasteiger partial charge on any atom is 0.224 e. The lowest BCUT2D eigenvalue weighted by Gasteiger charge is -2.11. The fourth-order valence-electron chi connectivity index (χ4n) is 2.29. The number of carbonyl (C=O) groups excluding carboxylic acids is 1. The average Bonchev–Trinajstić information content (AvgIpc) is 2.59. The smallest absolute Gasteiger partial charge is 0.224 e. The molecular formula is C18H23N2O3+. The maximum absolute atomic E-state index is 12.1. The molecular weight excluding hydrogens is 292 g/mol. The van der Waals surface area contributed by atoms with Gasteiger partial charge in [-0.15, -0.1) is 0 Å². The fourth-order valence-corrected chi connectivity index (χ4v) is 2.29. The van der Waals surface area contributed by atoms with Crippen molar-refractivity contribution >= 4 is 11.6 Å². The zero-order valence-corrected chi connectivity index (χ0v) is 13.6. The molecule has 5 heteroatoms. The molecule has 122 valence electrons. The second kappa shape index (κ2) is 8.78. The van der Waals surface area contributed by atoms with Gasteiger partial charge in [-0.05, 0) is 18.6 Å². The van der Waals surface area contributed by atoms with Crippen LogP contribution >= 0.6 is 0 Å². The van der Waals surface area contributed by atoms with E-state index in [2.05, 4.69) is 9.88 Å². The van der Waals surface area contributed by atoms with Crippen molar-refractivity contribution in [3.8, 4) is 11.5 Å². The Morgan fingerprint density at radius 1 is 1.09 bits per heavy atom. The molecule has 0 saturated carbocycles. The first-order chi connectivity index (χ1) is 11.2. The number of aryl methyl sites for hydroxylation is 1. The Balaban J connectivity index is 1.80. The summed E-state index contributed by atoms with van der Waals surface area (Å²) in [7, 11) is 3.17. The summed E-state index contributed by atoms with van der Waals surface area (Å²) < 4.78 is 12.5. The van der Waals surface area contributed by atoms with Crippen molar-refractivity contribution in [3.05, 3.63) is 48.8 Å². The van der Waals surface area contributed by atoms with Crippen LogP contribution in [0.1, 0.15) is 19.3 Å². The molecule has 0 atom stereocenters. The van der Waals surface area contributed by atoms with Crippen molar-refractivity contribution in [3.63, 3.8) is 0 Å². The molecule has 0 spiro atoms. The van der Waals surface area contributed by atoms with Gasteiger partial charge in [0.25, 0.3) is 0 Å². The molecule has 0 fully saturated rings. The molecule has 5 nitrogen and oxygen atoms in total. The van der Waals surface area contributed by atoms with Gasteiger partial charge in [0.05, 0.1) is 19.9 Å². The quantitative estimate of drug-likeness (QED) is 0.602. The number of anilines is 1. The number of pyridine rings is 1. The van der Waals surface area contributed by atoms with E-state index < -0.39 is 0 Å². The lowest BCUT2D eigenvalue weighted by Crippen LogP contribution is -2.32.